The summed E-state index contributed by atoms with van der Waals surface area (Å²) < 4.78 is 33.2. The maximum Gasteiger partial charge on any atom is 0.293 e. The number of halogens is 2. The molecule has 0 spiro atoms. The highest BCUT2D eigenvalue weighted by atomic mass is 32.1. The van der Waals surface area contributed by atoms with Gasteiger partial charge in [-0.25, -0.2) is 13.8 Å². The van der Waals surface area contributed by atoms with Crippen LogP contribution in [0.2, 0.25) is 0 Å². The Morgan fingerprint density at radius 1 is 1.19 bits per heavy atom. The van der Waals surface area contributed by atoms with Gasteiger partial charge in [0.25, 0.3) is 11.5 Å². The Bertz CT molecular complexity index is 1520. The van der Waals surface area contributed by atoms with Gasteiger partial charge in [-0.2, -0.15) is 5.10 Å². The van der Waals surface area contributed by atoms with Crippen molar-refractivity contribution in [2.45, 2.75) is 46.6 Å². The topological polar surface area (TPSA) is 93.8 Å². The molecule has 0 saturated carbocycles. The van der Waals surface area contributed by atoms with E-state index in [2.05, 4.69) is 20.7 Å². The molecule has 37 heavy (non-hydrogen) atoms. The molecule has 0 unspecified atom stereocenters. The first-order chi connectivity index (χ1) is 17.6. The van der Waals surface area contributed by atoms with E-state index in [4.69, 9.17) is 0 Å². The fraction of sp³-hybridized carbons (Fsp3) is 0.308. The smallest absolute Gasteiger partial charge is 0.293 e. The Balaban J connectivity index is 1.69. The summed E-state index contributed by atoms with van der Waals surface area (Å²) in [4.78, 5) is 31.3. The standard InChI is InChI=1S/C26H28F2N6O2S/c1-6-20-17(14(3)4)10-21(37-20)25(35)32-23-18(27)9-8-16(22(23)28)19-13-33(5)26(36)24(31-19)30-15-11-29-34(7-2)12-15/h8-14H,6-7H2,1-5H3,(H,30,31)(H,32,35). The molecule has 11 heteroatoms. The molecule has 0 aliphatic rings. The molecule has 0 aliphatic heterocycles. The van der Waals surface area contributed by atoms with Crippen molar-refractivity contribution in [2.75, 3.05) is 10.6 Å². The minimum absolute atomic E-state index is 0.0446. The fourth-order valence-electron chi connectivity index (χ4n) is 3.91. The van der Waals surface area contributed by atoms with Crippen LogP contribution in [0, 0.1) is 11.6 Å². The number of carbonyl (C=O) groups excluding carboxylic acids is 1. The lowest BCUT2D eigenvalue weighted by Crippen LogP contribution is -2.21. The van der Waals surface area contributed by atoms with Gasteiger partial charge in [0.2, 0.25) is 0 Å². The van der Waals surface area contributed by atoms with E-state index in [0.29, 0.717) is 17.1 Å². The first kappa shape index (κ1) is 26.2. The van der Waals surface area contributed by atoms with Gasteiger partial charge in [-0.3, -0.25) is 14.3 Å². The zero-order chi connectivity index (χ0) is 26.9. The van der Waals surface area contributed by atoms with Crippen molar-refractivity contribution >= 4 is 34.4 Å². The SMILES string of the molecule is CCc1sc(C(=O)Nc2c(F)ccc(-c3cn(C)c(=O)c(Nc4cnn(CC)c4)n3)c2F)cc1C(C)C. The first-order valence-corrected chi connectivity index (χ1v) is 12.7. The molecule has 4 aromatic rings. The summed E-state index contributed by atoms with van der Waals surface area (Å²) in [5.74, 6) is -2.32. The number of hydrogen-bond donors (Lipinski definition) is 2. The average Bonchev–Trinajstić information content (AvgIpc) is 3.51. The van der Waals surface area contributed by atoms with E-state index in [9.17, 15) is 14.0 Å². The lowest BCUT2D eigenvalue weighted by molar-refractivity contribution is 0.102. The van der Waals surface area contributed by atoms with E-state index in [1.807, 2.05) is 27.7 Å². The summed E-state index contributed by atoms with van der Waals surface area (Å²) in [7, 11) is 1.51. The zero-order valence-corrected chi connectivity index (χ0v) is 22.0. The van der Waals surface area contributed by atoms with E-state index < -0.39 is 28.8 Å². The number of nitrogens with zero attached hydrogens (tertiary/aromatic N) is 4. The van der Waals surface area contributed by atoms with Crippen LogP contribution >= 0.6 is 11.3 Å². The van der Waals surface area contributed by atoms with Crippen molar-refractivity contribution in [2.24, 2.45) is 7.05 Å². The summed E-state index contributed by atoms with van der Waals surface area (Å²) in [6.07, 6.45) is 5.37. The van der Waals surface area contributed by atoms with Gasteiger partial charge < -0.3 is 15.2 Å². The van der Waals surface area contributed by atoms with Crippen LogP contribution < -0.4 is 16.2 Å². The van der Waals surface area contributed by atoms with Gasteiger partial charge in [0, 0.05) is 36.4 Å². The molecular formula is C26H28F2N6O2S. The molecule has 194 valence electrons. The third-order valence-corrected chi connectivity index (χ3v) is 7.20. The van der Waals surface area contributed by atoms with Crippen molar-refractivity contribution in [3.8, 4) is 11.3 Å². The zero-order valence-electron chi connectivity index (χ0n) is 21.2. The number of carbonyl (C=O) groups is 1. The summed E-state index contributed by atoms with van der Waals surface area (Å²) in [5.41, 5.74) is 0.601. The molecule has 0 fully saturated rings. The molecular weight excluding hydrogens is 498 g/mol. The Hall–Kier alpha value is -3.86. The second kappa shape index (κ2) is 10.6. The molecule has 0 atom stereocenters. The van der Waals surface area contributed by atoms with Crippen LogP contribution in [-0.4, -0.2) is 25.2 Å². The number of rotatable bonds is 8. The summed E-state index contributed by atoms with van der Waals surface area (Å²) >= 11 is 1.31. The van der Waals surface area contributed by atoms with Crippen molar-refractivity contribution in [1.29, 1.82) is 0 Å². The number of aryl methyl sites for hydroxylation is 3. The molecule has 0 bridgehead atoms. The van der Waals surface area contributed by atoms with Gasteiger partial charge in [-0.1, -0.05) is 20.8 Å². The monoisotopic (exact) mass is 526 g/mol. The fourth-order valence-corrected chi connectivity index (χ4v) is 5.07. The molecule has 0 aliphatic carbocycles. The van der Waals surface area contributed by atoms with E-state index in [1.165, 1.54) is 35.2 Å². The van der Waals surface area contributed by atoms with Crippen LogP contribution in [0.5, 0.6) is 0 Å². The third kappa shape index (κ3) is 5.31. The van der Waals surface area contributed by atoms with E-state index in [1.54, 1.807) is 23.1 Å². The van der Waals surface area contributed by atoms with Crippen LogP contribution in [0.1, 0.15) is 53.7 Å². The highest BCUT2D eigenvalue weighted by Crippen LogP contribution is 2.32. The van der Waals surface area contributed by atoms with Crippen LogP contribution in [0.15, 0.2) is 41.6 Å². The predicted octanol–water partition coefficient (Wildman–Crippen LogP) is 5.69. The largest absolute Gasteiger partial charge is 0.333 e. The van der Waals surface area contributed by atoms with Crippen LogP contribution in [0.4, 0.5) is 26.0 Å². The van der Waals surface area contributed by atoms with Gasteiger partial charge in [0.1, 0.15) is 11.5 Å². The number of aromatic nitrogens is 4. The van der Waals surface area contributed by atoms with Crippen molar-refractivity contribution in [3.05, 3.63) is 74.1 Å². The van der Waals surface area contributed by atoms with Crippen LogP contribution in [-0.2, 0) is 20.0 Å². The number of anilines is 3. The number of thiophene rings is 1. The molecule has 1 amide bonds. The Morgan fingerprint density at radius 2 is 1.95 bits per heavy atom. The Kier molecular flexibility index (Phi) is 7.53. The maximum absolute atomic E-state index is 15.6. The quantitative estimate of drug-likeness (QED) is 0.308. The summed E-state index contributed by atoms with van der Waals surface area (Å²) in [5, 5.41) is 9.45. The number of amides is 1. The van der Waals surface area contributed by atoms with Crippen molar-refractivity contribution < 1.29 is 13.6 Å². The Labute approximate surface area is 217 Å². The Morgan fingerprint density at radius 3 is 2.57 bits per heavy atom. The molecule has 1 aromatic carbocycles. The normalized spacial score (nSPS) is 11.2. The molecule has 3 heterocycles. The molecule has 2 N–H and O–H groups in total. The highest BCUT2D eigenvalue weighted by molar-refractivity contribution is 7.14. The van der Waals surface area contributed by atoms with Gasteiger partial charge in [-0.05, 0) is 43.0 Å². The maximum atomic E-state index is 15.6. The van der Waals surface area contributed by atoms with E-state index >= 15 is 4.39 Å². The number of benzene rings is 1. The highest BCUT2D eigenvalue weighted by Gasteiger charge is 2.22. The summed E-state index contributed by atoms with van der Waals surface area (Å²) in [6, 6.07) is 4.06. The van der Waals surface area contributed by atoms with Crippen molar-refractivity contribution in [1.82, 2.24) is 19.3 Å². The lowest BCUT2D eigenvalue weighted by atomic mass is 10.0. The van der Waals surface area contributed by atoms with E-state index in [0.717, 1.165) is 22.9 Å². The van der Waals surface area contributed by atoms with Crippen LogP contribution in [0.3, 0.4) is 0 Å². The molecule has 3 aromatic heterocycles. The molecule has 4 rings (SSSR count). The minimum Gasteiger partial charge on any atom is -0.333 e. The second-order valence-corrected chi connectivity index (χ2v) is 9.97. The number of nitrogens with one attached hydrogen (secondary N) is 2. The van der Waals surface area contributed by atoms with Gasteiger partial charge >= 0.3 is 0 Å². The summed E-state index contributed by atoms with van der Waals surface area (Å²) in [6.45, 7) is 8.64. The predicted molar refractivity (Wildman–Crippen MR) is 142 cm³/mol. The average molecular weight is 527 g/mol. The minimum atomic E-state index is -0.986. The molecule has 0 radical (unpaired) electrons. The van der Waals surface area contributed by atoms with E-state index in [-0.39, 0.29) is 23.0 Å². The molecule has 0 saturated heterocycles. The van der Waals surface area contributed by atoms with Gasteiger partial charge in [0.05, 0.1) is 22.5 Å². The lowest BCUT2D eigenvalue weighted by Gasteiger charge is -2.12. The second-order valence-electron chi connectivity index (χ2n) is 8.84. The van der Waals surface area contributed by atoms with Gasteiger partial charge in [0.15, 0.2) is 11.6 Å². The van der Waals surface area contributed by atoms with Gasteiger partial charge in [-0.15, -0.1) is 11.3 Å². The third-order valence-electron chi connectivity index (χ3n) is 5.91. The van der Waals surface area contributed by atoms with Crippen molar-refractivity contribution in [3.63, 3.8) is 0 Å². The van der Waals surface area contributed by atoms with Crippen LogP contribution in [0.25, 0.3) is 11.3 Å². The molecule has 8 nitrogen and oxygen atoms in total. The number of hydrogen-bond acceptors (Lipinski definition) is 6. The first-order valence-electron chi connectivity index (χ1n) is 11.9.